The standard InChI is InChI=1S/C21H17N3O2S/c25-20(17-7-3-1-4-8-17)26-19-13-11-16(12-14-19)15-22-24-21(27)23-18-9-5-2-6-10-18/h1-15H,(H2,23,24,27)/b22-15+. The zero-order chi connectivity index (χ0) is 18.9. The van der Waals surface area contributed by atoms with Crippen molar-refractivity contribution in [3.63, 3.8) is 0 Å². The van der Waals surface area contributed by atoms with Gasteiger partial charge in [-0.2, -0.15) is 5.10 Å². The number of carbonyl (C=O) groups excluding carboxylic acids is 1. The van der Waals surface area contributed by atoms with Crippen LogP contribution in [0.25, 0.3) is 0 Å². The Morgan fingerprint density at radius 1 is 0.889 bits per heavy atom. The summed E-state index contributed by atoms with van der Waals surface area (Å²) in [4.78, 5) is 12.0. The number of anilines is 1. The van der Waals surface area contributed by atoms with Gasteiger partial charge in [-0.15, -0.1) is 0 Å². The number of benzene rings is 3. The van der Waals surface area contributed by atoms with E-state index in [4.69, 9.17) is 17.0 Å². The Bertz CT molecular complexity index is 927. The number of hydrogen-bond donors (Lipinski definition) is 2. The quantitative estimate of drug-likeness (QED) is 0.230. The van der Waals surface area contributed by atoms with Crippen molar-refractivity contribution < 1.29 is 9.53 Å². The normalized spacial score (nSPS) is 10.4. The van der Waals surface area contributed by atoms with E-state index in [0.717, 1.165) is 11.3 Å². The van der Waals surface area contributed by atoms with E-state index in [0.29, 0.717) is 16.4 Å². The van der Waals surface area contributed by atoms with Crippen LogP contribution in [0.2, 0.25) is 0 Å². The molecule has 5 nitrogen and oxygen atoms in total. The van der Waals surface area contributed by atoms with Crippen molar-refractivity contribution in [1.82, 2.24) is 5.43 Å². The number of rotatable bonds is 5. The summed E-state index contributed by atoms with van der Waals surface area (Å²) in [5, 5.41) is 7.51. The fourth-order valence-corrected chi connectivity index (χ4v) is 2.38. The third kappa shape index (κ3) is 5.76. The molecule has 6 heteroatoms. The van der Waals surface area contributed by atoms with E-state index in [1.165, 1.54) is 0 Å². The molecule has 0 fully saturated rings. The average molecular weight is 375 g/mol. The minimum atomic E-state index is -0.393. The van der Waals surface area contributed by atoms with E-state index in [9.17, 15) is 4.79 Å². The van der Waals surface area contributed by atoms with Crippen LogP contribution < -0.4 is 15.5 Å². The highest BCUT2D eigenvalue weighted by atomic mass is 32.1. The summed E-state index contributed by atoms with van der Waals surface area (Å²) in [5.41, 5.74) is 4.98. The van der Waals surface area contributed by atoms with Gasteiger partial charge < -0.3 is 10.1 Å². The minimum absolute atomic E-state index is 0.393. The van der Waals surface area contributed by atoms with Crippen molar-refractivity contribution in [3.8, 4) is 5.75 Å². The summed E-state index contributed by atoms with van der Waals surface area (Å²) in [6.07, 6.45) is 1.63. The van der Waals surface area contributed by atoms with Gasteiger partial charge >= 0.3 is 5.97 Å². The highest BCUT2D eigenvalue weighted by Gasteiger charge is 2.07. The van der Waals surface area contributed by atoms with Crippen LogP contribution >= 0.6 is 12.2 Å². The molecule has 3 rings (SSSR count). The Morgan fingerprint density at radius 3 is 2.19 bits per heavy atom. The van der Waals surface area contributed by atoms with E-state index in [1.54, 1.807) is 54.7 Å². The summed E-state index contributed by atoms with van der Waals surface area (Å²) < 4.78 is 5.33. The van der Waals surface area contributed by atoms with Crippen LogP contribution in [0.3, 0.4) is 0 Å². The first-order chi connectivity index (χ1) is 13.2. The fourth-order valence-electron chi connectivity index (χ4n) is 2.21. The van der Waals surface area contributed by atoms with E-state index in [2.05, 4.69) is 15.8 Å². The maximum absolute atomic E-state index is 12.0. The molecule has 0 aromatic heterocycles. The molecule has 0 aliphatic rings. The lowest BCUT2D eigenvalue weighted by molar-refractivity contribution is 0.0735. The number of nitrogens with one attached hydrogen (secondary N) is 2. The molecule has 134 valence electrons. The van der Waals surface area contributed by atoms with Crippen LogP contribution in [-0.4, -0.2) is 17.3 Å². The molecule has 0 heterocycles. The molecule has 0 atom stereocenters. The van der Waals surface area contributed by atoms with Crippen LogP contribution in [0, 0.1) is 0 Å². The van der Waals surface area contributed by atoms with Gasteiger partial charge in [-0.25, -0.2) is 4.79 Å². The largest absolute Gasteiger partial charge is 0.423 e. The third-order valence-corrected chi connectivity index (χ3v) is 3.70. The molecule has 0 unspecified atom stereocenters. The first-order valence-electron chi connectivity index (χ1n) is 8.23. The Hall–Kier alpha value is -3.51. The summed E-state index contributed by atoms with van der Waals surface area (Å²) >= 11 is 5.17. The zero-order valence-corrected chi connectivity index (χ0v) is 15.1. The molecule has 0 radical (unpaired) electrons. The fraction of sp³-hybridized carbons (Fsp3) is 0. The van der Waals surface area contributed by atoms with Gasteiger partial charge in [-0.3, -0.25) is 5.43 Å². The van der Waals surface area contributed by atoms with Gasteiger partial charge in [0.2, 0.25) is 0 Å². The molecular formula is C21H17N3O2S. The number of esters is 1. The smallest absolute Gasteiger partial charge is 0.343 e. The van der Waals surface area contributed by atoms with E-state index >= 15 is 0 Å². The zero-order valence-electron chi connectivity index (χ0n) is 14.3. The van der Waals surface area contributed by atoms with Gasteiger partial charge in [-0.05, 0) is 66.3 Å². The van der Waals surface area contributed by atoms with Gasteiger partial charge in [0.05, 0.1) is 11.8 Å². The summed E-state index contributed by atoms with van der Waals surface area (Å²) in [7, 11) is 0. The van der Waals surface area contributed by atoms with Gasteiger partial charge in [0.25, 0.3) is 0 Å². The van der Waals surface area contributed by atoms with Crippen molar-refractivity contribution in [3.05, 3.63) is 96.1 Å². The van der Waals surface area contributed by atoms with Crippen LogP contribution in [0.5, 0.6) is 5.75 Å². The van der Waals surface area contributed by atoms with Crippen molar-refractivity contribution in [2.75, 3.05) is 5.32 Å². The maximum Gasteiger partial charge on any atom is 0.343 e. The number of ether oxygens (including phenoxy) is 1. The Morgan fingerprint density at radius 2 is 1.52 bits per heavy atom. The van der Waals surface area contributed by atoms with Gasteiger partial charge in [0, 0.05) is 5.69 Å². The van der Waals surface area contributed by atoms with E-state index < -0.39 is 5.97 Å². The molecule has 0 spiro atoms. The molecule has 0 aliphatic carbocycles. The predicted molar refractivity (Wildman–Crippen MR) is 111 cm³/mol. The maximum atomic E-state index is 12.0. The molecule has 0 saturated heterocycles. The highest BCUT2D eigenvalue weighted by Crippen LogP contribution is 2.13. The van der Waals surface area contributed by atoms with Gasteiger partial charge in [-0.1, -0.05) is 36.4 Å². The molecule has 0 aliphatic heterocycles. The molecular weight excluding hydrogens is 358 g/mol. The van der Waals surface area contributed by atoms with Crippen molar-refractivity contribution >= 4 is 35.2 Å². The van der Waals surface area contributed by atoms with Crippen molar-refractivity contribution in [2.45, 2.75) is 0 Å². The predicted octanol–water partition coefficient (Wildman–Crippen LogP) is 4.23. The topological polar surface area (TPSA) is 62.7 Å². The number of hydrazone groups is 1. The molecule has 0 bridgehead atoms. The first kappa shape index (κ1) is 18.3. The molecule has 3 aromatic carbocycles. The monoisotopic (exact) mass is 375 g/mol. The number of hydrogen-bond acceptors (Lipinski definition) is 4. The third-order valence-electron chi connectivity index (χ3n) is 3.51. The first-order valence-corrected chi connectivity index (χ1v) is 8.64. The Balaban J connectivity index is 1.50. The Labute approximate surface area is 162 Å². The van der Waals surface area contributed by atoms with Crippen LogP contribution in [0.15, 0.2) is 90.0 Å². The highest BCUT2D eigenvalue weighted by molar-refractivity contribution is 7.80. The van der Waals surface area contributed by atoms with E-state index in [1.807, 2.05) is 36.4 Å². The summed E-state index contributed by atoms with van der Waals surface area (Å²) in [5.74, 6) is 0.0752. The minimum Gasteiger partial charge on any atom is -0.423 e. The second-order valence-corrected chi connectivity index (χ2v) is 5.92. The lowest BCUT2D eigenvalue weighted by Gasteiger charge is -2.06. The lowest BCUT2D eigenvalue weighted by Crippen LogP contribution is -2.23. The number of para-hydroxylation sites is 1. The SMILES string of the molecule is O=C(Oc1ccc(/C=N/NC(=S)Nc2ccccc2)cc1)c1ccccc1. The second kappa shape index (κ2) is 9.26. The molecule has 2 N–H and O–H groups in total. The molecule has 0 amide bonds. The average Bonchev–Trinajstić information content (AvgIpc) is 2.71. The van der Waals surface area contributed by atoms with Gasteiger partial charge in [0.1, 0.15) is 5.75 Å². The van der Waals surface area contributed by atoms with Crippen LogP contribution in [0.4, 0.5) is 5.69 Å². The van der Waals surface area contributed by atoms with Crippen molar-refractivity contribution in [1.29, 1.82) is 0 Å². The van der Waals surface area contributed by atoms with Crippen LogP contribution in [0.1, 0.15) is 15.9 Å². The molecule has 0 saturated carbocycles. The Kier molecular flexibility index (Phi) is 6.27. The number of carbonyl (C=O) groups is 1. The molecule has 27 heavy (non-hydrogen) atoms. The van der Waals surface area contributed by atoms with Gasteiger partial charge in [0.15, 0.2) is 5.11 Å². The van der Waals surface area contributed by atoms with Crippen molar-refractivity contribution in [2.24, 2.45) is 5.10 Å². The van der Waals surface area contributed by atoms with E-state index in [-0.39, 0.29) is 0 Å². The number of thiocarbonyl (C=S) groups is 1. The number of nitrogens with zero attached hydrogens (tertiary/aromatic N) is 1. The second-order valence-electron chi connectivity index (χ2n) is 5.51. The lowest BCUT2D eigenvalue weighted by atomic mass is 10.2. The molecule has 3 aromatic rings. The summed E-state index contributed by atoms with van der Waals surface area (Å²) in [6, 6.07) is 25.5. The summed E-state index contributed by atoms with van der Waals surface area (Å²) in [6.45, 7) is 0. The van der Waals surface area contributed by atoms with Crippen LogP contribution in [-0.2, 0) is 0 Å².